The number of amides is 1. The molecule has 104 valence electrons. The first-order chi connectivity index (χ1) is 9.58. The smallest absolute Gasteiger partial charge is 0.241 e. The van der Waals surface area contributed by atoms with Crippen molar-refractivity contribution >= 4 is 5.91 Å². The monoisotopic (exact) mass is 269 g/mol. The van der Waals surface area contributed by atoms with Gasteiger partial charge in [-0.1, -0.05) is 29.8 Å². The number of carbonyl (C=O) groups is 1. The molecule has 0 radical (unpaired) electrons. The summed E-state index contributed by atoms with van der Waals surface area (Å²) >= 11 is 0. The van der Waals surface area contributed by atoms with E-state index < -0.39 is 6.04 Å². The van der Waals surface area contributed by atoms with Crippen molar-refractivity contribution in [2.45, 2.75) is 25.9 Å². The van der Waals surface area contributed by atoms with E-state index in [1.54, 1.807) is 12.4 Å². The van der Waals surface area contributed by atoms with Crippen molar-refractivity contribution in [2.75, 3.05) is 0 Å². The predicted molar refractivity (Wildman–Crippen MR) is 78.9 cm³/mol. The second-order valence-electron chi connectivity index (χ2n) is 4.90. The number of rotatable bonds is 4. The lowest BCUT2D eigenvalue weighted by molar-refractivity contribution is -0.123. The number of nitrogens with one attached hydrogen (secondary N) is 1. The molecule has 2 rings (SSSR count). The van der Waals surface area contributed by atoms with Crippen molar-refractivity contribution in [3.05, 3.63) is 65.5 Å². The van der Waals surface area contributed by atoms with Crippen molar-refractivity contribution in [2.24, 2.45) is 5.73 Å². The fourth-order valence-corrected chi connectivity index (χ4v) is 1.96. The second kappa shape index (κ2) is 6.30. The first-order valence-electron chi connectivity index (χ1n) is 6.60. The zero-order valence-corrected chi connectivity index (χ0v) is 11.7. The molecule has 2 unspecified atom stereocenters. The molecule has 0 aliphatic carbocycles. The van der Waals surface area contributed by atoms with E-state index in [2.05, 4.69) is 10.3 Å². The van der Waals surface area contributed by atoms with Gasteiger partial charge < -0.3 is 11.1 Å². The summed E-state index contributed by atoms with van der Waals surface area (Å²) in [7, 11) is 0. The average molecular weight is 269 g/mol. The van der Waals surface area contributed by atoms with Gasteiger partial charge in [0.05, 0.1) is 6.04 Å². The molecule has 0 aliphatic heterocycles. The van der Waals surface area contributed by atoms with Crippen LogP contribution in [0.15, 0.2) is 48.8 Å². The summed E-state index contributed by atoms with van der Waals surface area (Å²) in [5.74, 6) is -0.182. The first-order valence-corrected chi connectivity index (χ1v) is 6.60. The highest BCUT2D eigenvalue weighted by molar-refractivity contribution is 5.83. The zero-order valence-electron chi connectivity index (χ0n) is 11.7. The second-order valence-corrected chi connectivity index (χ2v) is 4.90. The third-order valence-electron chi connectivity index (χ3n) is 3.28. The van der Waals surface area contributed by atoms with Crippen LogP contribution >= 0.6 is 0 Å². The summed E-state index contributed by atoms with van der Waals surface area (Å²) in [6.45, 7) is 3.93. The first kappa shape index (κ1) is 14.2. The number of pyridine rings is 1. The van der Waals surface area contributed by atoms with E-state index in [0.29, 0.717) is 0 Å². The number of benzene rings is 1. The third-order valence-corrected chi connectivity index (χ3v) is 3.28. The Hall–Kier alpha value is -2.20. The van der Waals surface area contributed by atoms with E-state index >= 15 is 0 Å². The fourth-order valence-electron chi connectivity index (χ4n) is 1.96. The van der Waals surface area contributed by atoms with Crippen molar-refractivity contribution in [3.63, 3.8) is 0 Å². The van der Waals surface area contributed by atoms with Gasteiger partial charge >= 0.3 is 0 Å². The molecule has 20 heavy (non-hydrogen) atoms. The van der Waals surface area contributed by atoms with Crippen LogP contribution in [0.1, 0.15) is 35.7 Å². The fraction of sp³-hybridized carbons (Fsp3) is 0.250. The van der Waals surface area contributed by atoms with Crippen molar-refractivity contribution in [1.29, 1.82) is 0 Å². The molecule has 1 aromatic heterocycles. The lowest BCUT2D eigenvalue weighted by Crippen LogP contribution is -2.35. The normalized spacial score (nSPS) is 13.6. The van der Waals surface area contributed by atoms with Gasteiger partial charge in [0, 0.05) is 12.4 Å². The molecule has 2 atom stereocenters. The molecule has 3 N–H and O–H groups in total. The summed E-state index contributed by atoms with van der Waals surface area (Å²) in [6.07, 6.45) is 3.41. The molecular weight excluding hydrogens is 250 g/mol. The highest BCUT2D eigenvalue weighted by Crippen LogP contribution is 2.15. The van der Waals surface area contributed by atoms with Gasteiger partial charge in [0.15, 0.2) is 0 Å². The van der Waals surface area contributed by atoms with Crippen LogP contribution in [0.2, 0.25) is 0 Å². The van der Waals surface area contributed by atoms with E-state index in [1.807, 2.05) is 50.2 Å². The highest BCUT2D eigenvalue weighted by Gasteiger charge is 2.18. The largest absolute Gasteiger partial charge is 0.348 e. The molecule has 0 spiro atoms. The van der Waals surface area contributed by atoms with Crippen LogP contribution in [0, 0.1) is 6.92 Å². The third kappa shape index (κ3) is 3.42. The molecular formula is C16H19N3O. The molecule has 0 aliphatic rings. The number of aryl methyl sites for hydroxylation is 1. The molecule has 4 heteroatoms. The Kier molecular flexibility index (Phi) is 4.48. The van der Waals surface area contributed by atoms with E-state index in [-0.39, 0.29) is 11.9 Å². The van der Waals surface area contributed by atoms with Crippen LogP contribution in [0.25, 0.3) is 0 Å². The summed E-state index contributed by atoms with van der Waals surface area (Å²) in [5, 5.41) is 2.92. The van der Waals surface area contributed by atoms with Gasteiger partial charge in [0.2, 0.25) is 5.91 Å². The van der Waals surface area contributed by atoms with E-state index in [4.69, 9.17) is 5.73 Å². The van der Waals surface area contributed by atoms with E-state index in [0.717, 1.165) is 16.7 Å². The Bertz CT molecular complexity index is 566. The standard InChI is InChI=1S/C16H19N3O/c1-11-3-5-14(6-4-11)15(17)16(20)19-12(2)13-7-9-18-10-8-13/h3-10,12,15H,17H2,1-2H3,(H,19,20). The molecule has 4 nitrogen and oxygen atoms in total. The number of carbonyl (C=O) groups excluding carboxylic acids is 1. The lowest BCUT2D eigenvalue weighted by Gasteiger charge is -2.18. The average Bonchev–Trinajstić information content (AvgIpc) is 2.48. The summed E-state index contributed by atoms with van der Waals surface area (Å²) in [6, 6.07) is 10.7. The van der Waals surface area contributed by atoms with Gasteiger partial charge in [-0.15, -0.1) is 0 Å². The van der Waals surface area contributed by atoms with E-state index in [1.165, 1.54) is 0 Å². The van der Waals surface area contributed by atoms with Gasteiger partial charge in [-0.3, -0.25) is 9.78 Å². The number of nitrogens with zero attached hydrogens (tertiary/aromatic N) is 1. The summed E-state index contributed by atoms with van der Waals surface area (Å²) < 4.78 is 0. The quantitative estimate of drug-likeness (QED) is 0.894. The molecule has 0 saturated carbocycles. The van der Waals surface area contributed by atoms with Gasteiger partial charge in [-0.2, -0.15) is 0 Å². The topological polar surface area (TPSA) is 68.0 Å². The predicted octanol–water partition coefficient (Wildman–Crippen LogP) is 2.27. The Balaban J connectivity index is 2.02. The van der Waals surface area contributed by atoms with Crippen molar-refractivity contribution in [1.82, 2.24) is 10.3 Å². The van der Waals surface area contributed by atoms with Crippen LogP contribution in [0.3, 0.4) is 0 Å². The highest BCUT2D eigenvalue weighted by atomic mass is 16.2. The molecule has 1 aromatic carbocycles. The minimum absolute atomic E-state index is 0.0954. The van der Waals surface area contributed by atoms with Crippen molar-refractivity contribution < 1.29 is 4.79 Å². The van der Waals surface area contributed by atoms with Gasteiger partial charge in [-0.05, 0) is 37.1 Å². The van der Waals surface area contributed by atoms with E-state index in [9.17, 15) is 4.79 Å². The molecule has 1 heterocycles. The number of hydrogen-bond acceptors (Lipinski definition) is 3. The Labute approximate surface area is 119 Å². The Morgan fingerprint density at radius 2 is 1.70 bits per heavy atom. The molecule has 2 aromatic rings. The number of nitrogens with two attached hydrogens (primary N) is 1. The van der Waals surface area contributed by atoms with Crippen LogP contribution in [-0.2, 0) is 4.79 Å². The Morgan fingerprint density at radius 1 is 1.10 bits per heavy atom. The Morgan fingerprint density at radius 3 is 2.30 bits per heavy atom. The molecule has 0 bridgehead atoms. The van der Waals surface area contributed by atoms with Crippen LogP contribution in [0.5, 0.6) is 0 Å². The van der Waals surface area contributed by atoms with Gasteiger partial charge in [0.25, 0.3) is 0 Å². The summed E-state index contributed by atoms with van der Waals surface area (Å²) in [5.41, 5.74) is 8.95. The summed E-state index contributed by atoms with van der Waals surface area (Å²) in [4.78, 5) is 16.1. The van der Waals surface area contributed by atoms with Crippen molar-refractivity contribution in [3.8, 4) is 0 Å². The van der Waals surface area contributed by atoms with Gasteiger partial charge in [-0.25, -0.2) is 0 Å². The lowest BCUT2D eigenvalue weighted by atomic mass is 10.0. The molecule has 0 fully saturated rings. The molecule has 1 amide bonds. The zero-order chi connectivity index (χ0) is 14.5. The van der Waals surface area contributed by atoms with Crippen LogP contribution in [0.4, 0.5) is 0 Å². The SMILES string of the molecule is Cc1ccc(C(N)C(=O)NC(C)c2ccncc2)cc1. The van der Waals surface area contributed by atoms with Crippen LogP contribution in [-0.4, -0.2) is 10.9 Å². The maximum Gasteiger partial charge on any atom is 0.241 e. The number of aromatic nitrogens is 1. The maximum atomic E-state index is 12.2. The minimum Gasteiger partial charge on any atom is -0.348 e. The van der Waals surface area contributed by atoms with Gasteiger partial charge in [0.1, 0.15) is 6.04 Å². The maximum absolute atomic E-state index is 12.2. The minimum atomic E-state index is -0.653. The van der Waals surface area contributed by atoms with Crippen LogP contribution < -0.4 is 11.1 Å². The molecule has 0 saturated heterocycles. The number of hydrogen-bond donors (Lipinski definition) is 2.